The molecular weight excluding hydrogens is 476 g/mol. The Morgan fingerprint density at radius 3 is 2.32 bits per heavy atom. The fourth-order valence-electron chi connectivity index (χ4n) is 4.67. The van der Waals surface area contributed by atoms with Crippen LogP contribution in [0.3, 0.4) is 0 Å². The summed E-state index contributed by atoms with van der Waals surface area (Å²) in [4.78, 5) is 36.5. The van der Waals surface area contributed by atoms with Gasteiger partial charge in [0.25, 0.3) is 0 Å². The van der Waals surface area contributed by atoms with Crippen LogP contribution in [-0.4, -0.2) is 34.5 Å². The Balaban J connectivity index is 1.64. The number of hydrogen-bond donors (Lipinski definition) is 1. The van der Waals surface area contributed by atoms with Gasteiger partial charge in [-0.3, -0.25) is 14.4 Å². The number of hydrogen-bond acceptors (Lipinski definition) is 8. The third kappa shape index (κ3) is 5.85. The van der Waals surface area contributed by atoms with Gasteiger partial charge in [-0.05, 0) is 51.3 Å². The number of benzene rings is 2. The van der Waals surface area contributed by atoms with Gasteiger partial charge in [0.15, 0.2) is 11.5 Å². The third-order valence-electron chi connectivity index (χ3n) is 6.54. The van der Waals surface area contributed by atoms with E-state index in [0.717, 1.165) is 5.56 Å². The van der Waals surface area contributed by atoms with E-state index in [1.54, 1.807) is 37.3 Å². The van der Waals surface area contributed by atoms with E-state index in [2.05, 4.69) is 6.08 Å². The minimum Gasteiger partial charge on any atom is -0.487 e. The standard InChI is InChI=1S/C29H32O8/c1-16(2)7-6-12-29(5,33)26-13-21-24(37-26)15-25-27(28(21)35-18(4)31)22(32)14-23(36-25)19-8-10-20(11-9-19)34-17(3)30/h7-11,15,23,26,33H,6,12-14H2,1-5H3/t23-,26+,29-/m0/s1. The largest absolute Gasteiger partial charge is 0.487 e. The molecule has 2 aromatic carbocycles. The van der Waals surface area contributed by atoms with E-state index < -0.39 is 29.7 Å². The van der Waals surface area contributed by atoms with Crippen molar-refractivity contribution in [3.63, 3.8) is 0 Å². The summed E-state index contributed by atoms with van der Waals surface area (Å²) in [7, 11) is 0. The fraction of sp³-hybridized carbons (Fsp3) is 0.414. The highest BCUT2D eigenvalue weighted by atomic mass is 16.5. The highest BCUT2D eigenvalue weighted by Gasteiger charge is 2.43. The number of carbonyl (C=O) groups excluding carboxylic acids is 3. The van der Waals surface area contributed by atoms with Crippen LogP contribution in [0.5, 0.6) is 23.0 Å². The van der Waals surface area contributed by atoms with Crippen molar-refractivity contribution < 1.29 is 38.4 Å². The maximum absolute atomic E-state index is 13.3. The molecule has 0 spiro atoms. The lowest BCUT2D eigenvalue weighted by Crippen LogP contribution is -2.42. The van der Waals surface area contributed by atoms with Crippen molar-refractivity contribution in [2.45, 2.75) is 78.1 Å². The minimum atomic E-state index is -1.14. The van der Waals surface area contributed by atoms with Crippen LogP contribution in [0.4, 0.5) is 0 Å². The minimum absolute atomic E-state index is 0.0394. The number of rotatable bonds is 7. The smallest absolute Gasteiger partial charge is 0.308 e. The van der Waals surface area contributed by atoms with E-state index in [1.165, 1.54) is 19.4 Å². The number of carbonyl (C=O) groups is 3. The fourth-order valence-corrected chi connectivity index (χ4v) is 4.67. The lowest BCUT2D eigenvalue weighted by Gasteiger charge is -2.29. The number of aliphatic hydroxyl groups is 1. The molecule has 0 aromatic heterocycles. The number of fused-ring (bicyclic) bond motifs is 2. The average molecular weight is 509 g/mol. The summed E-state index contributed by atoms with van der Waals surface area (Å²) in [6, 6.07) is 8.38. The Bertz CT molecular complexity index is 1250. The molecule has 2 heterocycles. The highest BCUT2D eigenvalue weighted by molar-refractivity contribution is 6.04. The molecule has 37 heavy (non-hydrogen) atoms. The molecule has 0 radical (unpaired) electrons. The van der Waals surface area contributed by atoms with E-state index in [4.69, 9.17) is 18.9 Å². The molecule has 1 N–H and O–H groups in total. The van der Waals surface area contributed by atoms with Crippen LogP contribution < -0.4 is 18.9 Å². The Morgan fingerprint density at radius 1 is 1.03 bits per heavy atom. The molecule has 0 saturated heterocycles. The second-order valence-electron chi connectivity index (χ2n) is 10.0. The van der Waals surface area contributed by atoms with E-state index in [1.807, 2.05) is 13.8 Å². The van der Waals surface area contributed by atoms with Crippen molar-refractivity contribution >= 4 is 17.7 Å². The summed E-state index contributed by atoms with van der Waals surface area (Å²) in [5.74, 6) is -0.0160. The van der Waals surface area contributed by atoms with Gasteiger partial charge in [-0.25, -0.2) is 0 Å². The summed E-state index contributed by atoms with van der Waals surface area (Å²) < 4.78 is 23.0. The quantitative estimate of drug-likeness (QED) is 0.315. The SMILES string of the molecule is CC(=O)Oc1ccc([C@@H]2CC(=O)c3c(cc4c(c3OC(C)=O)C[C@H]([C@@](C)(O)CCC=C(C)C)O4)O2)cc1. The highest BCUT2D eigenvalue weighted by Crippen LogP contribution is 2.49. The van der Waals surface area contributed by atoms with Gasteiger partial charge in [0.1, 0.15) is 35.0 Å². The first kappa shape index (κ1) is 26.4. The molecule has 0 unspecified atom stereocenters. The van der Waals surface area contributed by atoms with Crippen LogP contribution in [0.25, 0.3) is 0 Å². The average Bonchev–Trinajstić information content (AvgIpc) is 3.23. The number of ketones is 1. The van der Waals surface area contributed by atoms with Crippen molar-refractivity contribution in [2.24, 2.45) is 0 Å². The maximum atomic E-state index is 13.3. The molecular formula is C29H32O8. The van der Waals surface area contributed by atoms with Gasteiger partial charge >= 0.3 is 11.9 Å². The van der Waals surface area contributed by atoms with E-state index in [9.17, 15) is 19.5 Å². The zero-order valence-electron chi connectivity index (χ0n) is 21.8. The Morgan fingerprint density at radius 2 is 1.70 bits per heavy atom. The summed E-state index contributed by atoms with van der Waals surface area (Å²) in [5.41, 5.74) is 1.53. The van der Waals surface area contributed by atoms with Crippen molar-refractivity contribution in [1.82, 2.24) is 0 Å². The van der Waals surface area contributed by atoms with Gasteiger partial charge in [-0.1, -0.05) is 23.8 Å². The van der Waals surface area contributed by atoms with Crippen molar-refractivity contribution in [2.75, 3.05) is 0 Å². The molecule has 0 bridgehead atoms. The Labute approximate surface area is 216 Å². The van der Waals surface area contributed by atoms with Crippen LogP contribution in [0.15, 0.2) is 42.0 Å². The van der Waals surface area contributed by atoms with Crippen molar-refractivity contribution in [1.29, 1.82) is 0 Å². The third-order valence-corrected chi connectivity index (χ3v) is 6.54. The summed E-state index contributed by atoms with van der Waals surface area (Å²) in [6.07, 6.45) is 2.41. The predicted molar refractivity (Wildman–Crippen MR) is 135 cm³/mol. The second-order valence-corrected chi connectivity index (χ2v) is 10.0. The lowest BCUT2D eigenvalue weighted by molar-refractivity contribution is -0.132. The van der Waals surface area contributed by atoms with Gasteiger partial charge in [0.05, 0.1) is 12.0 Å². The zero-order valence-corrected chi connectivity index (χ0v) is 21.8. The van der Waals surface area contributed by atoms with Crippen molar-refractivity contribution in [3.05, 3.63) is 58.7 Å². The van der Waals surface area contributed by atoms with E-state index in [-0.39, 0.29) is 29.3 Å². The molecule has 4 rings (SSSR count). The van der Waals surface area contributed by atoms with E-state index in [0.29, 0.717) is 36.3 Å². The van der Waals surface area contributed by atoms with Crippen LogP contribution in [-0.2, 0) is 16.0 Å². The van der Waals surface area contributed by atoms with Gasteiger partial charge in [0.2, 0.25) is 0 Å². The molecule has 196 valence electrons. The van der Waals surface area contributed by atoms with Crippen LogP contribution in [0.1, 0.15) is 81.5 Å². The van der Waals surface area contributed by atoms with Crippen LogP contribution in [0.2, 0.25) is 0 Å². The first-order valence-electron chi connectivity index (χ1n) is 12.3. The number of ether oxygens (including phenoxy) is 4. The summed E-state index contributed by atoms with van der Waals surface area (Å²) in [5, 5.41) is 11.2. The van der Waals surface area contributed by atoms with Gasteiger partial charge < -0.3 is 24.1 Å². The molecule has 2 aliphatic heterocycles. The Hall–Kier alpha value is -3.65. The molecule has 0 saturated carbocycles. The normalized spacial score (nSPS) is 19.5. The van der Waals surface area contributed by atoms with Gasteiger partial charge in [-0.15, -0.1) is 0 Å². The maximum Gasteiger partial charge on any atom is 0.308 e. The first-order chi connectivity index (χ1) is 17.4. The molecule has 2 aliphatic rings. The second kappa shape index (κ2) is 10.4. The van der Waals surface area contributed by atoms with Gasteiger partial charge in [-0.2, -0.15) is 0 Å². The predicted octanol–water partition coefficient (Wildman–Crippen LogP) is 5.04. The molecule has 0 fully saturated rings. The van der Waals surface area contributed by atoms with Crippen LogP contribution >= 0.6 is 0 Å². The molecule has 3 atom stereocenters. The lowest BCUT2D eigenvalue weighted by atomic mass is 9.88. The monoisotopic (exact) mass is 508 g/mol. The molecule has 0 amide bonds. The number of esters is 2. The zero-order chi connectivity index (χ0) is 26.9. The topological polar surface area (TPSA) is 108 Å². The summed E-state index contributed by atoms with van der Waals surface area (Å²) in [6.45, 7) is 8.33. The van der Waals surface area contributed by atoms with Crippen molar-refractivity contribution in [3.8, 4) is 23.0 Å². The summed E-state index contributed by atoms with van der Waals surface area (Å²) >= 11 is 0. The number of allylic oxidation sites excluding steroid dienone is 2. The molecule has 8 heteroatoms. The van der Waals surface area contributed by atoms with Gasteiger partial charge in [0, 0.05) is 31.9 Å². The molecule has 2 aromatic rings. The van der Waals surface area contributed by atoms with E-state index >= 15 is 0 Å². The number of Topliss-reactive ketones (excluding diaryl/α,β-unsaturated/α-hetero) is 1. The Kier molecular flexibility index (Phi) is 7.41. The first-order valence-corrected chi connectivity index (χ1v) is 12.3. The molecule has 8 nitrogen and oxygen atoms in total. The van der Waals surface area contributed by atoms with Crippen LogP contribution in [0, 0.1) is 0 Å². The molecule has 0 aliphatic carbocycles.